The van der Waals surface area contributed by atoms with Gasteiger partial charge in [0, 0.05) is 25.5 Å². The standard InChI is InChI=1S/C11H18N4O/c1-2-14-5-3-10(8-14)7-13-11(16)15-6-4-12-9-15/h4,6,9-10H,2-3,5,7-8H2,1H3,(H,13,16). The minimum absolute atomic E-state index is 0.0903. The summed E-state index contributed by atoms with van der Waals surface area (Å²) in [5, 5.41) is 2.93. The van der Waals surface area contributed by atoms with E-state index in [1.165, 1.54) is 17.3 Å². The van der Waals surface area contributed by atoms with E-state index in [9.17, 15) is 4.79 Å². The van der Waals surface area contributed by atoms with Crippen LogP contribution in [0.4, 0.5) is 4.79 Å². The summed E-state index contributed by atoms with van der Waals surface area (Å²) in [5.41, 5.74) is 0. The van der Waals surface area contributed by atoms with Crippen LogP contribution in [0.25, 0.3) is 0 Å². The highest BCUT2D eigenvalue weighted by molar-refractivity contribution is 5.76. The third-order valence-electron chi connectivity index (χ3n) is 3.10. The molecule has 0 aromatic carbocycles. The Morgan fingerprint density at radius 3 is 3.12 bits per heavy atom. The van der Waals surface area contributed by atoms with Gasteiger partial charge in [-0.25, -0.2) is 9.78 Å². The van der Waals surface area contributed by atoms with Gasteiger partial charge in [0.1, 0.15) is 6.33 Å². The molecule has 1 aromatic rings. The summed E-state index contributed by atoms with van der Waals surface area (Å²) in [4.78, 5) is 17.9. The normalized spacial score (nSPS) is 21.2. The number of amides is 1. The van der Waals surface area contributed by atoms with Crippen LogP contribution in [0.5, 0.6) is 0 Å². The topological polar surface area (TPSA) is 50.2 Å². The number of hydrogen-bond acceptors (Lipinski definition) is 3. The van der Waals surface area contributed by atoms with Crippen LogP contribution in [0.3, 0.4) is 0 Å². The van der Waals surface area contributed by atoms with Gasteiger partial charge in [-0.15, -0.1) is 0 Å². The van der Waals surface area contributed by atoms with Crippen LogP contribution >= 0.6 is 0 Å². The Morgan fingerprint density at radius 1 is 1.62 bits per heavy atom. The zero-order valence-electron chi connectivity index (χ0n) is 9.59. The van der Waals surface area contributed by atoms with Gasteiger partial charge in [-0.05, 0) is 25.4 Å². The van der Waals surface area contributed by atoms with E-state index in [-0.39, 0.29) is 6.03 Å². The second kappa shape index (κ2) is 5.12. The second-order valence-electron chi connectivity index (χ2n) is 4.20. The summed E-state index contributed by atoms with van der Waals surface area (Å²) < 4.78 is 1.46. The van der Waals surface area contributed by atoms with Crippen LogP contribution in [0.2, 0.25) is 0 Å². The van der Waals surface area contributed by atoms with Crippen molar-refractivity contribution < 1.29 is 4.79 Å². The molecule has 88 valence electrons. The maximum Gasteiger partial charge on any atom is 0.326 e. The summed E-state index contributed by atoms with van der Waals surface area (Å²) in [6.07, 6.45) is 5.96. The van der Waals surface area contributed by atoms with Crippen LogP contribution in [0, 0.1) is 5.92 Å². The first-order chi connectivity index (χ1) is 7.79. The highest BCUT2D eigenvalue weighted by Crippen LogP contribution is 2.14. The molecule has 1 atom stereocenters. The van der Waals surface area contributed by atoms with E-state index in [4.69, 9.17) is 0 Å². The number of carbonyl (C=O) groups excluding carboxylic acids is 1. The number of nitrogens with one attached hydrogen (secondary N) is 1. The average molecular weight is 222 g/mol. The van der Waals surface area contributed by atoms with E-state index in [0.717, 1.165) is 26.2 Å². The fraction of sp³-hybridized carbons (Fsp3) is 0.636. The molecule has 1 amide bonds. The number of likely N-dealkylation sites (tertiary alicyclic amines) is 1. The average Bonchev–Trinajstić information content (AvgIpc) is 2.96. The van der Waals surface area contributed by atoms with E-state index in [1.807, 2.05) is 0 Å². The molecular formula is C11H18N4O. The second-order valence-corrected chi connectivity index (χ2v) is 4.20. The monoisotopic (exact) mass is 222 g/mol. The highest BCUT2D eigenvalue weighted by Gasteiger charge is 2.21. The van der Waals surface area contributed by atoms with Crippen molar-refractivity contribution in [1.82, 2.24) is 19.8 Å². The smallest absolute Gasteiger partial charge is 0.326 e. The molecule has 0 radical (unpaired) electrons. The molecule has 1 aliphatic rings. The first-order valence-corrected chi connectivity index (χ1v) is 5.78. The van der Waals surface area contributed by atoms with Crippen molar-refractivity contribution in [3.8, 4) is 0 Å². The van der Waals surface area contributed by atoms with E-state index in [1.54, 1.807) is 12.4 Å². The van der Waals surface area contributed by atoms with Crippen LogP contribution in [0.1, 0.15) is 13.3 Å². The molecule has 16 heavy (non-hydrogen) atoms. The molecular weight excluding hydrogens is 204 g/mol. The third kappa shape index (κ3) is 2.61. The fourth-order valence-electron chi connectivity index (χ4n) is 2.07. The van der Waals surface area contributed by atoms with Crippen molar-refractivity contribution >= 4 is 6.03 Å². The molecule has 1 saturated heterocycles. The number of hydrogen-bond donors (Lipinski definition) is 1. The molecule has 1 aliphatic heterocycles. The predicted octanol–water partition coefficient (Wildman–Crippen LogP) is 0.783. The molecule has 1 N–H and O–H groups in total. The number of rotatable bonds is 3. The Kier molecular flexibility index (Phi) is 3.56. The molecule has 0 aliphatic carbocycles. The summed E-state index contributed by atoms with van der Waals surface area (Å²) in [6.45, 7) is 6.29. The molecule has 1 aromatic heterocycles. The van der Waals surface area contributed by atoms with Gasteiger partial charge in [0.05, 0.1) is 0 Å². The Balaban J connectivity index is 1.74. The van der Waals surface area contributed by atoms with Crippen LogP contribution in [-0.4, -0.2) is 46.7 Å². The Hall–Kier alpha value is -1.36. The molecule has 2 heterocycles. The van der Waals surface area contributed by atoms with Gasteiger partial charge in [0.15, 0.2) is 0 Å². The summed E-state index contributed by atoms with van der Waals surface area (Å²) in [7, 11) is 0. The van der Waals surface area contributed by atoms with Crippen molar-refractivity contribution in [2.45, 2.75) is 13.3 Å². The van der Waals surface area contributed by atoms with E-state index >= 15 is 0 Å². The summed E-state index contributed by atoms with van der Waals surface area (Å²) in [6, 6.07) is -0.0903. The molecule has 0 saturated carbocycles. The number of carbonyl (C=O) groups is 1. The minimum atomic E-state index is -0.0903. The van der Waals surface area contributed by atoms with Gasteiger partial charge in [0.2, 0.25) is 0 Å². The van der Waals surface area contributed by atoms with E-state index in [0.29, 0.717) is 5.92 Å². The molecule has 1 fully saturated rings. The quantitative estimate of drug-likeness (QED) is 0.822. The van der Waals surface area contributed by atoms with Crippen LogP contribution in [-0.2, 0) is 0 Å². The van der Waals surface area contributed by atoms with Crippen molar-refractivity contribution in [3.05, 3.63) is 18.7 Å². The molecule has 0 bridgehead atoms. The first kappa shape index (κ1) is 11.1. The number of aromatic nitrogens is 2. The molecule has 5 nitrogen and oxygen atoms in total. The lowest BCUT2D eigenvalue weighted by Gasteiger charge is -2.13. The molecule has 5 heteroatoms. The van der Waals surface area contributed by atoms with Crippen molar-refractivity contribution in [1.29, 1.82) is 0 Å². The van der Waals surface area contributed by atoms with Gasteiger partial charge in [-0.2, -0.15) is 0 Å². The lowest BCUT2D eigenvalue weighted by Crippen LogP contribution is -2.33. The summed E-state index contributed by atoms with van der Waals surface area (Å²) in [5.74, 6) is 0.590. The van der Waals surface area contributed by atoms with Crippen molar-refractivity contribution in [2.24, 2.45) is 5.92 Å². The SMILES string of the molecule is CCN1CCC(CNC(=O)n2ccnc2)C1. The first-order valence-electron chi connectivity index (χ1n) is 5.78. The van der Waals surface area contributed by atoms with Crippen molar-refractivity contribution in [3.63, 3.8) is 0 Å². The van der Waals surface area contributed by atoms with Gasteiger partial charge in [0.25, 0.3) is 0 Å². The maximum atomic E-state index is 11.6. The molecule has 1 unspecified atom stereocenters. The lowest BCUT2D eigenvalue weighted by molar-refractivity contribution is 0.240. The fourth-order valence-corrected chi connectivity index (χ4v) is 2.07. The van der Waals surface area contributed by atoms with Gasteiger partial charge < -0.3 is 10.2 Å². The minimum Gasteiger partial charge on any atom is -0.337 e. The third-order valence-corrected chi connectivity index (χ3v) is 3.10. The Morgan fingerprint density at radius 2 is 2.50 bits per heavy atom. The summed E-state index contributed by atoms with van der Waals surface area (Å²) >= 11 is 0. The maximum absolute atomic E-state index is 11.6. The zero-order valence-corrected chi connectivity index (χ0v) is 9.59. The van der Waals surface area contributed by atoms with E-state index < -0.39 is 0 Å². The van der Waals surface area contributed by atoms with Gasteiger partial charge in [-0.3, -0.25) is 4.57 Å². The number of imidazole rings is 1. The Bertz CT molecular complexity index is 336. The number of nitrogens with zero attached hydrogens (tertiary/aromatic N) is 3. The van der Waals surface area contributed by atoms with Gasteiger partial charge in [-0.1, -0.05) is 6.92 Å². The molecule has 2 rings (SSSR count). The van der Waals surface area contributed by atoms with E-state index in [2.05, 4.69) is 22.1 Å². The largest absolute Gasteiger partial charge is 0.337 e. The Labute approximate surface area is 95.5 Å². The zero-order chi connectivity index (χ0) is 11.4. The van der Waals surface area contributed by atoms with Crippen LogP contribution < -0.4 is 5.32 Å². The highest BCUT2D eigenvalue weighted by atomic mass is 16.2. The lowest BCUT2D eigenvalue weighted by atomic mass is 10.1. The van der Waals surface area contributed by atoms with Crippen molar-refractivity contribution in [2.75, 3.05) is 26.2 Å². The molecule has 0 spiro atoms. The van der Waals surface area contributed by atoms with Gasteiger partial charge >= 0.3 is 6.03 Å². The van der Waals surface area contributed by atoms with Crippen LogP contribution in [0.15, 0.2) is 18.7 Å². The predicted molar refractivity (Wildman–Crippen MR) is 61.2 cm³/mol.